The number of nitrogens with zero attached hydrogens (tertiary/aromatic N) is 5. The van der Waals surface area contributed by atoms with Gasteiger partial charge in [0.15, 0.2) is 0 Å². The monoisotopic (exact) mass is 521 g/mol. The highest BCUT2D eigenvalue weighted by molar-refractivity contribution is 5.98. The Labute approximate surface area is 216 Å². The van der Waals surface area contributed by atoms with Gasteiger partial charge in [-0.1, -0.05) is 12.1 Å². The molecule has 3 aromatic rings. The summed E-state index contributed by atoms with van der Waals surface area (Å²) in [7, 11) is 0. The van der Waals surface area contributed by atoms with Crippen molar-refractivity contribution in [2.24, 2.45) is 4.99 Å². The van der Waals surface area contributed by atoms with Crippen molar-refractivity contribution < 1.29 is 23.0 Å². The summed E-state index contributed by atoms with van der Waals surface area (Å²) in [5.41, 5.74) is 3.35. The van der Waals surface area contributed by atoms with E-state index in [9.17, 15) is 23.6 Å². The van der Waals surface area contributed by atoms with E-state index in [0.717, 1.165) is 16.8 Å². The number of aliphatic imine (C=N–C) groups is 1. The first-order valence-electron chi connectivity index (χ1n) is 12.2. The van der Waals surface area contributed by atoms with Gasteiger partial charge >= 0.3 is 0 Å². The largest absolute Gasteiger partial charge is 0.486 e. The van der Waals surface area contributed by atoms with Gasteiger partial charge in [0.1, 0.15) is 25.0 Å². The number of morpholine rings is 1. The second-order valence-corrected chi connectivity index (χ2v) is 9.22. The van der Waals surface area contributed by atoms with Crippen molar-refractivity contribution in [1.82, 2.24) is 14.7 Å². The van der Waals surface area contributed by atoms with Crippen molar-refractivity contribution in [1.29, 1.82) is 5.26 Å². The molecule has 9 nitrogen and oxygen atoms in total. The first-order chi connectivity index (χ1) is 18.3. The number of alkyl halides is 2. The maximum atomic E-state index is 13.3. The van der Waals surface area contributed by atoms with E-state index in [1.54, 1.807) is 23.1 Å². The van der Waals surface area contributed by atoms with Gasteiger partial charge in [-0.15, -0.1) is 0 Å². The molecule has 2 aliphatic rings. The lowest BCUT2D eigenvalue weighted by atomic mass is 10.00. The predicted octanol–water partition coefficient (Wildman–Crippen LogP) is 2.95. The van der Waals surface area contributed by atoms with Gasteiger partial charge in [-0.05, 0) is 30.2 Å². The predicted molar refractivity (Wildman–Crippen MR) is 135 cm³/mol. The van der Waals surface area contributed by atoms with Crippen LogP contribution >= 0.6 is 0 Å². The minimum Gasteiger partial charge on any atom is -0.486 e. The number of amides is 1. The third-order valence-electron chi connectivity index (χ3n) is 6.63. The molecule has 1 aromatic heterocycles. The lowest BCUT2D eigenvalue weighted by molar-refractivity contribution is -0.136. The molecular formula is C27H25F2N5O4. The first kappa shape index (κ1) is 25.5. The molecule has 2 aromatic carbocycles. The van der Waals surface area contributed by atoms with Gasteiger partial charge in [-0.25, -0.2) is 13.5 Å². The summed E-state index contributed by atoms with van der Waals surface area (Å²) in [5, 5.41) is 15.2. The molecule has 0 N–H and O–H groups in total. The van der Waals surface area contributed by atoms with Crippen molar-refractivity contribution in [3.05, 3.63) is 63.1 Å². The van der Waals surface area contributed by atoms with E-state index in [1.165, 1.54) is 10.7 Å². The SMILES string of the molecule is Cc1cccc2c(=O)n(CC(=O)N3CCOCC3)nc(CC3=Nc4cc(OCC(F)F)c(C#N)cc4C3)c12. The van der Waals surface area contributed by atoms with E-state index in [1.807, 2.05) is 19.1 Å². The topological polar surface area (TPSA) is 110 Å². The van der Waals surface area contributed by atoms with Crippen molar-refractivity contribution >= 4 is 28.1 Å². The second kappa shape index (κ2) is 10.7. The number of fused-ring (bicyclic) bond motifs is 2. The Hall–Kier alpha value is -4.17. The van der Waals surface area contributed by atoms with Crippen LogP contribution in [-0.4, -0.2) is 65.6 Å². The van der Waals surface area contributed by atoms with E-state index < -0.39 is 13.0 Å². The van der Waals surface area contributed by atoms with E-state index in [-0.39, 0.29) is 29.3 Å². The molecule has 38 heavy (non-hydrogen) atoms. The van der Waals surface area contributed by atoms with Crippen LogP contribution in [0, 0.1) is 18.3 Å². The quantitative estimate of drug-likeness (QED) is 0.473. The van der Waals surface area contributed by atoms with Gasteiger partial charge in [0.05, 0.1) is 35.5 Å². The zero-order valence-electron chi connectivity index (χ0n) is 20.7. The number of aromatic nitrogens is 2. The Bertz CT molecular complexity index is 1540. The van der Waals surface area contributed by atoms with Crippen LogP contribution in [0.2, 0.25) is 0 Å². The van der Waals surface area contributed by atoms with Crippen LogP contribution in [0.5, 0.6) is 5.75 Å². The molecule has 0 bridgehead atoms. The fourth-order valence-electron chi connectivity index (χ4n) is 4.83. The zero-order valence-corrected chi connectivity index (χ0v) is 20.7. The molecule has 0 aliphatic carbocycles. The van der Waals surface area contributed by atoms with Gasteiger partial charge in [-0.3, -0.25) is 14.6 Å². The number of carbonyl (C=O) groups excluding carboxylic acids is 1. The third-order valence-corrected chi connectivity index (χ3v) is 6.63. The van der Waals surface area contributed by atoms with Crippen LogP contribution in [0.4, 0.5) is 14.5 Å². The van der Waals surface area contributed by atoms with Crippen LogP contribution in [0.15, 0.2) is 40.1 Å². The minimum atomic E-state index is -2.66. The van der Waals surface area contributed by atoms with Gasteiger partial charge in [-0.2, -0.15) is 10.4 Å². The average molecular weight is 522 g/mol. The van der Waals surface area contributed by atoms with Crippen LogP contribution in [0.25, 0.3) is 10.8 Å². The summed E-state index contributed by atoms with van der Waals surface area (Å²) in [6.45, 7) is 2.75. The number of rotatable bonds is 7. The number of carbonyl (C=O) groups is 1. The molecule has 1 saturated heterocycles. The van der Waals surface area contributed by atoms with E-state index in [2.05, 4.69) is 10.1 Å². The highest BCUT2D eigenvalue weighted by Crippen LogP contribution is 2.35. The Morgan fingerprint density at radius 2 is 2.05 bits per heavy atom. The zero-order chi connectivity index (χ0) is 26.8. The number of ether oxygens (including phenoxy) is 2. The lowest BCUT2D eigenvalue weighted by Gasteiger charge is -2.27. The summed E-state index contributed by atoms with van der Waals surface area (Å²) in [4.78, 5) is 32.5. The third kappa shape index (κ3) is 5.13. The van der Waals surface area contributed by atoms with Gasteiger partial charge in [0.2, 0.25) is 5.91 Å². The highest BCUT2D eigenvalue weighted by Gasteiger charge is 2.23. The summed E-state index contributed by atoms with van der Waals surface area (Å²) in [5.74, 6) is -0.141. The molecule has 0 unspecified atom stereocenters. The summed E-state index contributed by atoms with van der Waals surface area (Å²) in [6, 6.07) is 10.5. The molecule has 1 fully saturated rings. The van der Waals surface area contributed by atoms with Gasteiger partial charge in [0.25, 0.3) is 12.0 Å². The molecule has 196 valence electrons. The van der Waals surface area contributed by atoms with E-state index in [0.29, 0.717) is 61.3 Å². The molecule has 1 amide bonds. The maximum Gasteiger partial charge on any atom is 0.275 e. The van der Waals surface area contributed by atoms with Crippen molar-refractivity contribution in [2.75, 3.05) is 32.9 Å². The highest BCUT2D eigenvalue weighted by atomic mass is 19.3. The Morgan fingerprint density at radius 3 is 2.79 bits per heavy atom. The number of halogens is 2. The summed E-state index contributed by atoms with van der Waals surface area (Å²) in [6.07, 6.45) is -1.93. The van der Waals surface area contributed by atoms with Crippen molar-refractivity contribution in [2.45, 2.75) is 32.7 Å². The molecule has 3 heterocycles. The second-order valence-electron chi connectivity index (χ2n) is 9.22. The number of hydrogen-bond acceptors (Lipinski definition) is 7. The number of hydrogen-bond donors (Lipinski definition) is 0. The van der Waals surface area contributed by atoms with Crippen molar-refractivity contribution in [3.63, 3.8) is 0 Å². The van der Waals surface area contributed by atoms with Gasteiger partial charge < -0.3 is 14.4 Å². The van der Waals surface area contributed by atoms with Crippen LogP contribution in [0.3, 0.4) is 0 Å². The van der Waals surface area contributed by atoms with Crippen LogP contribution < -0.4 is 10.3 Å². The molecule has 11 heteroatoms. The smallest absolute Gasteiger partial charge is 0.275 e. The normalized spacial score (nSPS) is 14.9. The van der Waals surface area contributed by atoms with Crippen LogP contribution in [-0.2, 0) is 28.9 Å². The number of nitriles is 1. The standard InChI is InChI=1S/C27H25F2N5O4/c1-16-3-2-4-20-26(16)22(32-34(27(20)36)14-25(35)33-5-7-37-8-6-33)11-19-10-17-9-18(13-30)23(12-21(17)31-19)38-15-24(28)29/h2-4,9,12,24H,5-8,10-11,14-15H2,1H3. The molecular weight excluding hydrogens is 496 g/mol. The Morgan fingerprint density at radius 1 is 1.26 bits per heavy atom. The summed E-state index contributed by atoms with van der Waals surface area (Å²) < 4.78 is 36.9. The van der Waals surface area contributed by atoms with Gasteiger partial charge in [0, 0.05) is 43.1 Å². The molecule has 0 spiro atoms. The molecule has 0 radical (unpaired) electrons. The number of benzene rings is 2. The molecule has 0 saturated carbocycles. The molecule has 5 rings (SSSR count). The molecule has 2 aliphatic heterocycles. The fraction of sp³-hybridized carbons (Fsp3) is 0.370. The number of aryl methyl sites for hydroxylation is 1. The van der Waals surface area contributed by atoms with Crippen LogP contribution in [0.1, 0.15) is 22.4 Å². The Balaban J connectivity index is 1.47. The summed E-state index contributed by atoms with van der Waals surface area (Å²) >= 11 is 0. The van der Waals surface area contributed by atoms with E-state index >= 15 is 0 Å². The fourth-order valence-corrected chi connectivity index (χ4v) is 4.83. The minimum absolute atomic E-state index is 0.0612. The lowest BCUT2D eigenvalue weighted by Crippen LogP contribution is -2.44. The van der Waals surface area contributed by atoms with Crippen molar-refractivity contribution in [3.8, 4) is 11.8 Å². The van der Waals surface area contributed by atoms with E-state index in [4.69, 9.17) is 9.47 Å². The molecule has 0 atom stereocenters. The maximum absolute atomic E-state index is 13.3. The Kier molecular flexibility index (Phi) is 7.15. The average Bonchev–Trinajstić information content (AvgIpc) is 3.30. The first-order valence-corrected chi connectivity index (χ1v) is 12.2.